The Morgan fingerprint density at radius 2 is 0.774 bits per heavy atom. The number of methoxy groups -OCH3 is 5. The van der Waals surface area contributed by atoms with Crippen LogP contribution in [0.15, 0.2) is 74.2 Å². The van der Waals surface area contributed by atoms with Crippen LogP contribution >= 0.6 is 33.7 Å². The highest BCUT2D eigenvalue weighted by atomic mass is 32.7. The Labute approximate surface area is 852 Å². The maximum Gasteiger partial charge on any atom is 0.351 e. The summed E-state index contributed by atoms with van der Waals surface area (Å²) in [5, 5.41) is 11.9. The second kappa shape index (κ2) is 48.9. The van der Waals surface area contributed by atoms with Crippen LogP contribution in [0.5, 0.6) is 0 Å². The second-order valence-electron chi connectivity index (χ2n) is 33.3. The van der Waals surface area contributed by atoms with Crippen molar-refractivity contribution in [3.63, 3.8) is 0 Å². The van der Waals surface area contributed by atoms with Crippen LogP contribution < -0.4 is 76.4 Å². The third-order valence-electron chi connectivity index (χ3n) is 23.7. The highest BCUT2D eigenvalue weighted by Crippen LogP contribution is 2.57. The van der Waals surface area contributed by atoms with Gasteiger partial charge in [0.05, 0.1) is 130 Å². The predicted molar refractivity (Wildman–Crippen MR) is 512 cm³/mol. The average molecular weight is 2250 g/mol. The van der Waals surface area contributed by atoms with Crippen molar-refractivity contribution in [2.45, 2.75) is 182 Å². The maximum absolute atomic E-state index is 15.7. The summed E-state index contributed by atoms with van der Waals surface area (Å²) < 4.78 is 181. The number of nitrogen functional groups attached to an aromatic ring is 5. The van der Waals surface area contributed by atoms with Crippen molar-refractivity contribution in [1.82, 2.24) is 87.2 Å². The number of aromatic amines is 2. The molecular weight excluding hydrogens is 2140 g/mol. The molecule has 6 aliphatic heterocycles. The monoisotopic (exact) mass is 2250 g/mol. The number of H-pyrrole nitrogens is 2. The van der Waals surface area contributed by atoms with E-state index in [4.69, 9.17) is 209 Å². The number of nitrogens with two attached hydrogens (primary N) is 5. The summed E-state index contributed by atoms with van der Waals surface area (Å²) in [4.78, 5) is 176. The van der Waals surface area contributed by atoms with Crippen LogP contribution in [0, 0.1) is 20.8 Å². The second-order valence-corrected chi connectivity index (χ2v) is 46.8. The van der Waals surface area contributed by atoms with E-state index in [2.05, 4.69) is 59.8 Å². The van der Waals surface area contributed by atoms with Gasteiger partial charge in [0.1, 0.15) is 160 Å². The molecule has 0 radical (unpaired) electrons. The normalized spacial score (nSPS) is 29.1. The van der Waals surface area contributed by atoms with Gasteiger partial charge in [-0.15, -0.1) is 0 Å². The molecule has 6 saturated heterocycles. The molecule has 0 aliphatic carbocycles. The number of imidazole rings is 3. The molecule has 806 valence electrons. The fourth-order valence-corrected chi connectivity index (χ4v) is 23.9. The summed E-state index contributed by atoms with van der Waals surface area (Å²) in [6.07, 6.45) is -25.6. The molecule has 11 unspecified atom stereocenters. The Kier molecular flexibility index (Phi) is 37.8. The van der Waals surface area contributed by atoms with Gasteiger partial charge in [-0.1, -0.05) is 54.2 Å². The number of ether oxygens (including phenoxy) is 16. The van der Waals surface area contributed by atoms with Gasteiger partial charge in [-0.25, -0.2) is 49.3 Å². The van der Waals surface area contributed by atoms with Crippen LogP contribution in [-0.4, -0.2) is 331 Å². The summed E-state index contributed by atoms with van der Waals surface area (Å²) in [7, 11) is 6.79. The van der Waals surface area contributed by atoms with Crippen molar-refractivity contribution in [2.75, 3.05) is 163 Å². The van der Waals surface area contributed by atoms with E-state index in [1.165, 1.54) is 103 Å². The van der Waals surface area contributed by atoms with Gasteiger partial charge in [-0.2, -0.15) is 15.0 Å². The molecule has 0 amide bonds. The SMILES string of the molecule is CC[C@H]1O[C@@H](n2cnc3c(N)ncnc32)CC1OP([O-])(=S)OC[C@H]1O[C@@H](n2cc(C)c(=O)[nH]c2=O)[C@@H](OCCOC)C1OP(=O)([S-])OC[C@H]1O[C@@H](n2cc(C)c(N)nc2=O)[C@@H](OCCOC)C1OP([O-])(=S)OC[C@H]1O[C@@H](n2cnc3c(=O)[nH]c(N)nc32)[C@@H](OCCOC)C1OP([O-])(=S)OC[C@H]1O[C@@H](n2cc(C)c(N)nc2=O)[C@@H](OCCOC)C1OP([O-])(=S)OC[C@H]1O[C@@H](n2cnc3c(N)ncnc32)[C@@H](OCCOC)C1O. The number of hydrogen-bond donors (Lipinski definition) is 8. The Bertz CT molecular complexity index is 6650. The van der Waals surface area contributed by atoms with Crippen LogP contribution in [0.2, 0.25) is 0 Å². The largest absolute Gasteiger partial charge is 0.780 e. The van der Waals surface area contributed by atoms with Crippen molar-refractivity contribution in [3.05, 3.63) is 119 Å². The third-order valence-corrected chi connectivity index (χ3v) is 31.4. The zero-order chi connectivity index (χ0) is 105. The zero-order valence-electron chi connectivity index (χ0n) is 78.9. The predicted octanol–water partition coefficient (Wildman–Crippen LogP) is -3.59. The molecular formula is C76H105N23O37P5S5-5. The smallest absolute Gasteiger partial charge is 0.351 e. The third kappa shape index (κ3) is 26.3. The summed E-state index contributed by atoms with van der Waals surface area (Å²) >= 11 is 28.4. The first-order valence-corrected chi connectivity index (χ1v) is 57.3. The summed E-state index contributed by atoms with van der Waals surface area (Å²) in [5.74, 6) is -0.668. The number of aliphatic hydroxyl groups is 1. The molecule has 6 aliphatic rings. The quantitative estimate of drug-likeness (QED) is 0.0104. The minimum atomic E-state index is -5.36. The molecule has 9 aromatic rings. The minimum Gasteiger partial charge on any atom is -0.780 e. The van der Waals surface area contributed by atoms with Gasteiger partial charge in [0.2, 0.25) is 5.95 Å². The van der Waals surface area contributed by atoms with Crippen molar-refractivity contribution in [1.29, 1.82) is 0 Å². The van der Waals surface area contributed by atoms with Crippen LogP contribution in [0.25, 0.3) is 33.5 Å². The van der Waals surface area contributed by atoms with E-state index >= 15 is 19.2 Å². The van der Waals surface area contributed by atoms with E-state index < -0.39 is 242 Å². The topological polar surface area (TPSA) is 775 Å². The lowest BCUT2D eigenvalue weighted by Gasteiger charge is -2.38. The lowest BCUT2D eigenvalue weighted by atomic mass is 10.1. The fourth-order valence-electron chi connectivity index (χ4n) is 16.7. The van der Waals surface area contributed by atoms with Crippen LogP contribution in [0.1, 0.15) is 73.8 Å². The summed E-state index contributed by atoms with van der Waals surface area (Å²) in [5.41, 5.74) is 26.8. The molecule has 6 fully saturated rings. The molecule has 9 aromatic heterocycles. The fraction of sp³-hybridized carbons (Fsp3) is 0.645. The first-order valence-electron chi connectivity index (χ1n) is 44.5. The van der Waals surface area contributed by atoms with Crippen molar-refractivity contribution in [3.8, 4) is 0 Å². The van der Waals surface area contributed by atoms with Crippen LogP contribution in [0.3, 0.4) is 0 Å². The Morgan fingerprint density at radius 1 is 0.411 bits per heavy atom. The van der Waals surface area contributed by atoms with E-state index in [1.807, 2.05) is 0 Å². The van der Waals surface area contributed by atoms with Gasteiger partial charge in [-0.05, 0) is 27.2 Å². The maximum atomic E-state index is 15.7. The highest BCUT2D eigenvalue weighted by molar-refractivity contribution is 8.32. The lowest BCUT2D eigenvalue weighted by molar-refractivity contribution is -0.223. The molecule has 15 heterocycles. The number of fused-ring (bicyclic) bond motifs is 3. The standard InChI is InChI=1S/C76H110N23O37P5S5/c1-10-38-39(21-45(126-38)97-32-86-46-61(79)82-30-84-63(46)97)132-137(106,142)122-26-41-50(57(119-19-14-114-8)71(130-41)96-24-37(4)66(101)93-76(96)105)134-139(108,144)123-28-43-52(56(118-18-13-113-7)70(129-43)95-23-36(3)60(78)90-75(95)104)135-140(109,145)125-29-44-53(58(120-20-15-115-9)72(131-44)99-34-88-48-65(99)91-73(81)92-67(48)102)136-141(110,146)124-27-42-51(55(117-17-12-112-6)69(128-42)94-22-35(2)59(77)89-74(94)103)133-138(107,143)121-25-40-49(100)54(116-16-11-111-5)68(127-40)98-33-87-47-62(80)83-31-85-64(47)98/h22-24,30-34,38-45,49-58,68-72,100H,10-21,25-29H2,1-9H3,(H,106,142)(H,107,143)(H,108,144)(H,109,145)(H,110,146)(H2,77,89,103)(H2,78,90,104)(H2,79,82,84)(H2,80,83,85)(H,93,101,105)(H3,81,91,92,102)/p-5/t38-,39?,40-,41-,42-,43-,44-,45-,49?,50?,51?,52?,53?,54+,55+,56+,57+,58+,68-,69-,70-,71-,72-,137?,138?,139?,140?,141?/m1/s1. The summed E-state index contributed by atoms with van der Waals surface area (Å²) in [6, 6.07) is 0. The van der Waals surface area contributed by atoms with E-state index in [9.17, 15) is 34.0 Å². The molecule has 0 bridgehead atoms. The zero-order valence-corrected chi connectivity index (χ0v) is 87.4. The Morgan fingerprint density at radius 3 is 1.22 bits per heavy atom. The van der Waals surface area contributed by atoms with Gasteiger partial charge in [0, 0.05) is 77.3 Å². The van der Waals surface area contributed by atoms with Crippen molar-refractivity contribution >= 4 is 156 Å². The van der Waals surface area contributed by atoms with Crippen LogP contribution in [0.4, 0.5) is 29.2 Å². The van der Waals surface area contributed by atoms with Gasteiger partial charge < -0.3 is 187 Å². The number of anilines is 5. The van der Waals surface area contributed by atoms with Gasteiger partial charge in [0.15, 0.2) is 72.0 Å². The average Bonchev–Trinajstić information content (AvgIpc) is 1.61. The molecule has 28 atom stereocenters. The highest BCUT2D eigenvalue weighted by Gasteiger charge is 2.57. The number of aliphatic hydroxyl groups excluding tert-OH is 1. The van der Waals surface area contributed by atoms with Gasteiger partial charge in [0.25, 0.3) is 11.1 Å². The first-order chi connectivity index (χ1) is 69.6. The van der Waals surface area contributed by atoms with E-state index in [0.29, 0.717) is 12.1 Å². The van der Waals surface area contributed by atoms with E-state index in [0.717, 1.165) is 26.2 Å². The first kappa shape index (κ1) is 113. The molecule has 146 heavy (non-hydrogen) atoms. The number of nitrogens with zero attached hydrogens (tertiary/aromatic N) is 16. The number of nitrogens with one attached hydrogen (secondary N) is 2. The molecule has 0 aromatic carbocycles. The number of aryl methyl sites for hydroxylation is 3. The Hall–Kier alpha value is -7.17. The molecule has 70 heteroatoms. The molecule has 0 saturated carbocycles. The Balaban J connectivity index is 0.719. The molecule has 60 nitrogen and oxygen atoms in total. The molecule has 13 N–H and O–H groups in total. The van der Waals surface area contributed by atoms with Crippen LogP contribution in [-0.2, 0) is 185 Å². The van der Waals surface area contributed by atoms with E-state index in [-0.39, 0.29) is 140 Å². The van der Waals surface area contributed by atoms with Crippen molar-refractivity contribution < 1.29 is 150 Å². The number of rotatable bonds is 52. The summed E-state index contributed by atoms with van der Waals surface area (Å²) in [6.45, 7) is -26.2. The van der Waals surface area contributed by atoms with Crippen molar-refractivity contribution in [2.24, 2.45) is 0 Å². The number of aromatic nitrogens is 18. The van der Waals surface area contributed by atoms with Gasteiger partial charge in [-0.3, -0.25) is 51.5 Å². The lowest BCUT2D eigenvalue weighted by Crippen LogP contribution is -2.42. The number of hydrogen-bond acceptors (Lipinski definition) is 57. The molecule has 15 rings (SSSR count). The van der Waals surface area contributed by atoms with Gasteiger partial charge >= 0.3 is 17.1 Å². The minimum absolute atomic E-state index is 0.00276. The van der Waals surface area contributed by atoms with E-state index in [1.54, 1.807) is 11.5 Å². The molecule has 0 spiro atoms.